The SMILES string of the molecule is c1ccc(OCC[C@H]2CCOC23CCN(C2CCC2)CC3)nc1. The zero-order valence-electron chi connectivity index (χ0n) is 14.0. The molecule has 0 N–H and O–H groups in total. The smallest absolute Gasteiger partial charge is 0.213 e. The molecule has 2 aliphatic heterocycles. The van der Waals surface area contributed by atoms with Gasteiger partial charge in [-0.25, -0.2) is 4.98 Å². The molecule has 126 valence electrons. The first-order valence-corrected chi connectivity index (χ1v) is 9.28. The number of nitrogens with zero attached hydrogens (tertiary/aromatic N) is 2. The molecule has 1 aromatic rings. The fraction of sp³-hybridized carbons (Fsp3) is 0.737. The molecule has 1 saturated carbocycles. The Bertz CT molecular complexity index is 495. The first-order chi connectivity index (χ1) is 11.4. The van der Waals surface area contributed by atoms with Crippen molar-refractivity contribution < 1.29 is 9.47 Å². The van der Waals surface area contributed by atoms with Gasteiger partial charge in [-0.2, -0.15) is 0 Å². The summed E-state index contributed by atoms with van der Waals surface area (Å²) in [6, 6.07) is 6.69. The Labute approximate surface area is 139 Å². The van der Waals surface area contributed by atoms with Crippen LogP contribution < -0.4 is 4.74 Å². The van der Waals surface area contributed by atoms with Crippen LogP contribution in [0.2, 0.25) is 0 Å². The molecular weight excluding hydrogens is 288 g/mol. The van der Waals surface area contributed by atoms with Crippen LogP contribution in [-0.2, 0) is 4.74 Å². The van der Waals surface area contributed by atoms with Crippen LogP contribution in [0.15, 0.2) is 24.4 Å². The third kappa shape index (κ3) is 3.24. The number of rotatable bonds is 5. The number of likely N-dealkylation sites (tertiary alicyclic amines) is 1. The largest absolute Gasteiger partial charge is 0.478 e. The summed E-state index contributed by atoms with van der Waals surface area (Å²) >= 11 is 0. The number of hydrogen-bond donors (Lipinski definition) is 0. The van der Waals surface area contributed by atoms with Crippen molar-refractivity contribution in [2.45, 2.75) is 56.6 Å². The zero-order valence-corrected chi connectivity index (χ0v) is 14.0. The second-order valence-electron chi connectivity index (χ2n) is 7.32. The van der Waals surface area contributed by atoms with Crippen LogP contribution in [0.25, 0.3) is 0 Å². The van der Waals surface area contributed by atoms with E-state index in [0.717, 1.165) is 31.6 Å². The summed E-state index contributed by atoms with van der Waals surface area (Å²) in [5.41, 5.74) is 0.133. The number of ether oxygens (including phenoxy) is 2. The highest BCUT2D eigenvalue weighted by Crippen LogP contribution is 2.43. The van der Waals surface area contributed by atoms with Crippen LogP contribution in [0.5, 0.6) is 5.88 Å². The van der Waals surface area contributed by atoms with E-state index in [1.807, 2.05) is 18.2 Å². The summed E-state index contributed by atoms with van der Waals surface area (Å²) in [6.45, 7) is 4.13. The van der Waals surface area contributed by atoms with Crippen molar-refractivity contribution in [2.24, 2.45) is 5.92 Å². The van der Waals surface area contributed by atoms with Gasteiger partial charge in [0.2, 0.25) is 5.88 Å². The van der Waals surface area contributed by atoms with E-state index < -0.39 is 0 Å². The topological polar surface area (TPSA) is 34.6 Å². The van der Waals surface area contributed by atoms with E-state index in [9.17, 15) is 0 Å². The Morgan fingerprint density at radius 3 is 2.78 bits per heavy atom. The Balaban J connectivity index is 1.28. The average molecular weight is 316 g/mol. The predicted molar refractivity (Wildman–Crippen MR) is 89.6 cm³/mol. The lowest BCUT2D eigenvalue weighted by Crippen LogP contribution is -2.52. The van der Waals surface area contributed by atoms with Gasteiger partial charge in [0.1, 0.15) is 0 Å². The molecule has 3 aliphatic rings. The molecule has 1 atom stereocenters. The van der Waals surface area contributed by atoms with E-state index >= 15 is 0 Å². The van der Waals surface area contributed by atoms with Crippen molar-refractivity contribution in [3.05, 3.63) is 24.4 Å². The van der Waals surface area contributed by atoms with Gasteiger partial charge in [0, 0.05) is 38.0 Å². The summed E-state index contributed by atoms with van der Waals surface area (Å²) < 4.78 is 12.1. The quantitative estimate of drug-likeness (QED) is 0.835. The lowest BCUT2D eigenvalue weighted by molar-refractivity contribution is -0.0808. The Morgan fingerprint density at radius 1 is 1.22 bits per heavy atom. The molecule has 0 bridgehead atoms. The minimum absolute atomic E-state index is 0.133. The third-order valence-corrected chi connectivity index (χ3v) is 6.19. The fourth-order valence-electron chi connectivity index (χ4n) is 4.50. The summed E-state index contributed by atoms with van der Waals surface area (Å²) in [4.78, 5) is 6.94. The van der Waals surface area contributed by atoms with Crippen LogP contribution in [-0.4, -0.2) is 47.8 Å². The summed E-state index contributed by atoms with van der Waals surface area (Å²) in [5.74, 6) is 1.38. The minimum atomic E-state index is 0.133. The Morgan fingerprint density at radius 2 is 2.09 bits per heavy atom. The number of pyridine rings is 1. The highest BCUT2D eigenvalue weighted by molar-refractivity contribution is 5.09. The van der Waals surface area contributed by atoms with E-state index in [0.29, 0.717) is 5.92 Å². The normalized spacial score (nSPS) is 27.9. The second-order valence-corrected chi connectivity index (χ2v) is 7.32. The van der Waals surface area contributed by atoms with E-state index in [1.54, 1.807) is 6.20 Å². The molecule has 1 aliphatic carbocycles. The molecule has 1 aromatic heterocycles. The standard InChI is InChI=1S/C19H28N2O2/c1-2-11-20-18(6-1)22-14-7-16-8-15-23-19(16)9-12-21(13-10-19)17-4-3-5-17/h1-2,6,11,16-17H,3-5,7-10,12-15H2/t16-/m0/s1. The van der Waals surface area contributed by atoms with Crippen LogP contribution in [0, 0.1) is 5.92 Å². The molecule has 4 heteroatoms. The Hall–Kier alpha value is -1.13. The van der Waals surface area contributed by atoms with Crippen molar-refractivity contribution in [2.75, 3.05) is 26.3 Å². The van der Waals surface area contributed by atoms with Crippen molar-refractivity contribution in [1.29, 1.82) is 0 Å². The lowest BCUT2D eigenvalue weighted by atomic mass is 9.77. The molecule has 0 unspecified atom stereocenters. The molecule has 23 heavy (non-hydrogen) atoms. The van der Waals surface area contributed by atoms with E-state index in [1.165, 1.54) is 51.6 Å². The highest BCUT2D eigenvalue weighted by Gasteiger charge is 2.46. The van der Waals surface area contributed by atoms with Gasteiger partial charge in [-0.15, -0.1) is 0 Å². The van der Waals surface area contributed by atoms with Gasteiger partial charge in [0.15, 0.2) is 0 Å². The summed E-state index contributed by atoms with van der Waals surface area (Å²) in [6.07, 6.45) is 10.7. The number of hydrogen-bond acceptors (Lipinski definition) is 4. The second kappa shape index (κ2) is 6.78. The third-order valence-electron chi connectivity index (χ3n) is 6.19. The predicted octanol–water partition coefficient (Wildman–Crippen LogP) is 3.27. The van der Waals surface area contributed by atoms with E-state index in [2.05, 4.69) is 9.88 Å². The Kier molecular flexibility index (Phi) is 4.54. The molecule has 0 aromatic carbocycles. The van der Waals surface area contributed by atoms with Gasteiger partial charge >= 0.3 is 0 Å². The van der Waals surface area contributed by atoms with E-state index in [-0.39, 0.29) is 5.60 Å². The molecule has 4 rings (SSSR count). The first-order valence-electron chi connectivity index (χ1n) is 9.28. The summed E-state index contributed by atoms with van der Waals surface area (Å²) in [7, 11) is 0. The maximum Gasteiger partial charge on any atom is 0.213 e. The van der Waals surface area contributed by atoms with Gasteiger partial charge in [-0.3, -0.25) is 0 Å². The summed E-state index contributed by atoms with van der Waals surface area (Å²) in [5, 5.41) is 0. The van der Waals surface area contributed by atoms with Gasteiger partial charge < -0.3 is 14.4 Å². The average Bonchev–Trinajstić information content (AvgIpc) is 2.92. The molecule has 3 fully saturated rings. The van der Waals surface area contributed by atoms with E-state index in [4.69, 9.17) is 9.47 Å². The van der Waals surface area contributed by atoms with Crippen LogP contribution in [0.1, 0.15) is 44.9 Å². The highest BCUT2D eigenvalue weighted by atomic mass is 16.5. The molecule has 3 heterocycles. The van der Waals surface area contributed by atoms with Crippen molar-refractivity contribution in [1.82, 2.24) is 9.88 Å². The van der Waals surface area contributed by atoms with Gasteiger partial charge in [0.25, 0.3) is 0 Å². The molecule has 1 spiro atoms. The molecule has 0 amide bonds. The minimum Gasteiger partial charge on any atom is -0.478 e. The van der Waals surface area contributed by atoms with Crippen molar-refractivity contribution in [3.63, 3.8) is 0 Å². The monoisotopic (exact) mass is 316 g/mol. The maximum atomic E-state index is 6.28. The molecule has 2 saturated heterocycles. The molecule has 0 radical (unpaired) electrons. The maximum absolute atomic E-state index is 6.28. The number of piperidine rings is 1. The zero-order chi connectivity index (χ0) is 15.5. The first kappa shape index (κ1) is 15.4. The van der Waals surface area contributed by atoms with Gasteiger partial charge in [0.05, 0.1) is 12.2 Å². The van der Waals surface area contributed by atoms with Crippen molar-refractivity contribution in [3.8, 4) is 5.88 Å². The fourth-order valence-corrected chi connectivity index (χ4v) is 4.50. The van der Waals surface area contributed by atoms with Crippen LogP contribution >= 0.6 is 0 Å². The van der Waals surface area contributed by atoms with Crippen molar-refractivity contribution >= 4 is 0 Å². The molecule has 4 nitrogen and oxygen atoms in total. The van der Waals surface area contributed by atoms with Gasteiger partial charge in [-0.1, -0.05) is 12.5 Å². The lowest BCUT2D eigenvalue weighted by Gasteiger charge is -2.47. The number of aromatic nitrogens is 1. The van der Waals surface area contributed by atoms with Crippen LogP contribution in [0.4, 0.5) is 0 Å². The van der Waals surface area contributed by atoms with Gasteiger partial charge in [-0.05, 0) is 50.5 Å². The van der Waals surface area contributed by atoms with Crippen LogP contribution in [0.3, 0.4) is 0 Å². The molecular formula is C19H28N2O2.